The fourth-order valence-corrected chi connectivity index (χ4v) is 3.67. The summed E-state index contributed by atoms with van der Waals surface area (Å²) in [5.41, 5.74) is 5.10. The summed E-state index contributed by atoms with van der Waals surface area (Å²) < 4.78 is 14.1. The number of hydrogen-bond acceptors (Lipinski definition) is 3. The fourth-order valence-electron chi connectivity index (χ4n) is 3.67. The van der Waals surface area contributed by atoms with Crippen LogP contribution >= 0.6 is 0 Å². The van der Waals surface area contributed by atoms with Crippen molar-refractivity contribution in [1.82, 2.24) is 15.0 Å². The lowest BCUT2D eigenvalue weighted by atomic mass is 10.1. The first kappa shape index (κ1) is 15.1. The average Bonchev–Trinajstić information content (AvgIpc) is 2.76. The van der Waals surface area contributed by atoms with Crippen LogP contribution in [0.3, 0.4) is 0 Å². The van der Waals surface area contributed by atoms with Gasteiger partial charge in [0.2, 0.25) is 0 Å². The number of H-pyrrole nitrogens is 1. The zero-order valence-electron chi connectivity index (χ0n) is 14.3. The molecule has 0 fully saturated rings. The number of para-hydroxylation sites is 1. The van der Waals surface area contributed by atoms with Crippen LogP contribution in [0.1, 0.15) is 34.8 Å². The number of aromatic nitrogens is 3. The maximum atomic E-state index is 14.1. The molecule has 4 nitrogen and oxygen atoms in total. The van der Waals surface area contributed by atoms with Crippen molar-refractivity contribution in [2.24, 2.45) is 0 Å². The van der Waals surface area contributed by atoms with E-state index in [9.17, 15) is 4.39 Å². The fraction of sp³-hybridized carbons (Fsp3) is 0.368. The molecule has 1 aromatic carbocycles. The highest BCUT2D eigenvalue weighted by Gasteiger charge is 2.22. The summed E-state index contributed by atoms with van der Waals surface area (Å²) in [4.78, 5) is 14.7. The van der Waals surface area contributed by atoms with Crippen molar-refractivity contribution in [3.8, 4) is 0 Å². The molecular formula is C19H21FN4. The Hall–Kier alpha value is -2.43. The Morgan fingerprint density at radius 1 is 1.17 bits per heavy atom. The molecule has 24 heavy (non-hydrogen) atoms. The van der Waals surface area contributed by atoms with Gasteiger partial charge in [-0.1, -0.05) is 12.1 Å². The van der Waals surface area contributed by atoms with E-state index in [0.717, 1.165) is 59.9 Å². The van der Waals surface area contributed by atoms with Crippen LogP contribution in [0.5, 0.6) is 0 Å². The molecule has 1 N–H and O–H groups in total. The van der Waals surface area contributed by atoms with E-state index < -0.39 is 0 Å². The molecule has 4 rings (SSSR count). The molecule has 0 aliphatic carbocycles. The van der Waals surface area contributed by atoms with Crippen LogP contribution in [0.4, 0.5) is 10.2 Å². The minimum Gasteiger partial charge on any atom is -0.354 e. The van der Waals surface area contributed by atoms with E-state index in [4.69, 9.17) is 0 Å². The van der Waals surface area contributed by atoms with E-state index in [2.05, 4.69) is 26.8 Å². The second kappa shape index (κ2) is 5.58. The normalized spacial score (nSPS) is 14.8. The van der Waals surface area contributed by atoms with Gasteiger partial charge in [0.25, 0.3) is 0 Å². The van der Waals surface area contributed by atoms with Crippen LogP contribution in [0, 0.1) is 26.6 Å². The van der Waals surface area contributed by atoms with Gasteiger partial charge in [0.1, 0.15) is 17.5 Å². The van der Waals surface area contributed by atoms with Crippen LogP contribution in [-0.4, -0.2) is 21.5 Å². The van der Waals surface area contributed by atoms with Crippen LogP contribution in [0.25, 0.3) is 10.9 Å². The first-order valence-electron chi connectivity index (χ1n) is 8.39. The lowest BCUT2D eigenvalue weighted by Crippen LogP contribution is -2.25. The van der Waals surface area contributed by atoms with E-state index in [1.165, 1.54) is 11.6 Å². The Morgan fingerprint density at radius 3 is 2.83 bits per heavy atom. The van der Waals surface area contributed by atoms with E-state index >= 15 is 0 Å². The summed E-state index contributed by atoms with van der Waals surface area (Å²) in [6.07, 6.45) is 1.98. The van der Waals surface area contributed by atoms with Crippen molar-refractivity contribution in [2.75, 3.05) is 11.4 Å². The van der Waals surface area contributed by atoms with Crippen LogP contribution in [-0.2, 0) is 13.0 Å². The predicted molar refractivity (Wildman–Crippen MR) is 93.9 cm³/mol. The van der Waals surface area contributed by atoms with Gasteiger partial charge >= 0.3 is 0 Å². The third-order valence-electron chi connectivity index (χ3n) is 4.96. The highest BCUT2D eigenvalue weighted by Crippen LogP contribution is 2.31. The van der Waals surface area contributed by atoms with Crippen molar-refractivity contribution >= 4 is 16.7 Å². The molecule has 0 radical (unpaired) electrons. The van der Waals surface area contributed by atoms with Crippen molar-refractivity contribution < 1.29 is 4.39 Å². The van der Waals surface area contributed by atoms with E-state index in [1.54, 1.807) is 6.07 Å². The number of rotatable bonds is 1. The summed E-state index contributed by atoms with van der Waals surface area (Å²) in [5.74, 6) is 1.60. The van der Waals surface area contributed by atoms with Gasteiger partial charge in [0, 0.05) is 28.9 Å². The molecule has 0 amide bonds. The summed E-state index contributed by atoms with van der Waals surface area (Å²) in [7, 11) is 0. The zero-order valence-corrected chi connectivity index (χ0v) is 14.3. The van der Waals surface area contributed by atoms with Crippen LogP contribution < -0.4 is 4.90 Å². The van der Waals surface area contributed by atoms with E-state index in [0.29, 0.717) is 5.52 Å². The molecular weight excluding hydrogens is 303 g/mol. The highest BCUT2D eigenvalue weighted by molar-refractivity contribution is 5.85. The third-order valence-corrected chi connectivity index (χ3v) is 4.96. The van der Waals surface area contributed by atoms with Gasteiger partial charge in [-0.15, -0.1) is 0 Å². The lowest BCUT2D eigenvalue weighted by Gasteiger charge is -2.24. The lowest BCUT2D eigenvalue weighted by molar-refractivity contribution is 0.636. The van der Waals surface area contributed by atoms with Crippen LogP contribution in [0.15, 0.2) is 18.2 Å². The molecule has 0 spiro atoms. The average molecular weight is 324 g/mol. The third kappa shape index (κ3) is 2.35. The predicted octanol–water partition coefficient (Wildman–Crippen LogP) is 3.98. The first-order valence-corrected chi connectivity index (χ1v) is 8.39. The smallest absolute Gasteiger partial charge is 0.147 e. The quantitative estimate of drug-likeness (QED) is 0.736. The summed E-state index contributed by atoms with van der Waals surface area (Å²) in [6, 6.07) is 5.31. The first-order chi connectivity index (χ1) is 11.5. The maximum Gasteiger partial charge on any atom is 0.147 e. The van der Waals surface area contributed by atoms with Crippen LogP contribution in [0.2, 0.25) is 0 Å². The molecule has 0 unspecified atom stereocenters. The van der Waals surface area contributed by atoms with Gasteiger partial charge < -0.3 is 9.88 Å². The molecule has 0 bridgehead atoms. The molecule has 1 aliphatic rings. The number of nitrogens with one attached hydrogen (secondary N) is 1. The molecule has 5 heteroatoms. The molecule has 0 saturated heterocycles. The SMILES string of the molecule is Cc1nc(C)c(C)c(N2CCCc3c([nH]c4c(F)cccc34)C2)n1. The number of anilines is 1. The van der Waals surface area contributed by atoms with Crippen molar-refractivity contribution in [1.29, 1.82) is 0 Å². The van der Waals surface area contributed by atoms with Gasteiger partial charge in [-0.3, -0.25) is 0 Å². The van der Waals surface area contributed by atoms with Gasteiger partial charge in [0.15, 0.2) is 0 Å². The largest absolute Gasteiger partial charge is 0.354 e. The van der Waals surface area contributed by atoms with Gasteiger partial charge in [-0.2, -0.15) is 0 Å². The summed E-state index contributed by atoms with van der Waals surface area (Å²) >= 11 is 0. The Bertz CT molecular complexity index is 929. The number of halogens is 1. The number of benzene rings is 1. The Morgan fingerprint density at radius 2 is 2.00 bits per heavy atom. The van der Waals surface area contributed by atoms with E-state index in [-0.39, 0.29) is 5.82 Å². The topological polar surface area (TPSA) is 44.8 Å². The molecule has 1 aliphatic heterocycles. The molecule has 2 aromatic heterocycles. The van der Waals surface area contributed by atoms with Gasteiger partial charge in [-0.25, -0.2) is 14.4 Å². The molecule has 0 saturated carbocycles. The Kier molecular flexibility index (Phi) is 3.52. The molecule has 0 atom stereocenters. The standard InChI is InChI=1S/C19H21FN4/c1-11-12(2)21-13(3)22-19(11)24-9-5-7-14-15-6-4-8-16(20)18(15)23-17(14)10-24/h4,6,8,23H,5,7,9-10H2,1-3H3. The van der Waals surface area contributed by atoms with Gasteiger partial charge in [0.05, 0.1) is 12.1 Å². The van der Waals surface area contributed by atoms with Crippen molar-refractivity contribution in [3.63, 3.8) is 0 Å². The number of aryl methyl sites for hydroxylation is 3. The van der Waals surface area contributed by atoms with Gasteiger partial charge in [-0.05, 0) is 45.2 Å². The number of aromatic amines is 1. The van der Waals surface area contributed by atoms with Crippen molar-refractivity contribution in [2.45, 2.75) is 40.2 Å². The maximum absolute atomic E-state index is 14.1. The number of nitrogens with zero attached hydrogens (tertiary/aromatic N) is 3. The molecule has 3 aromatic rings. The summed E-state index contributed by atoms with van der Waals surface area (Å²) in [5, 5.41) is 1.01. The Balaban J connectivity index is 1.80. The second-order valence-corrected chi connectivity index (χ2v) is 6.57. The minimum absolute atomic E-state index is 0.183. The van der Waals surface area contributed by atoms with Crippen molar-refractivity contribution in [3.05, 3.63) is 52.4 Å². The highest BCUT2D eigenvalue weighted by atomic mass is 19.1. The number of fused-ring (bicyclic) bond motifs is 3. The zero-order chi connectivity index (χ0) is 16.8. The number of hydrogen-bond donors (Lipinski definition) is 1. The second-order valence-electron chi connectivity index (χ2n) is 6.57. The molecule has 3 heterocycles. The summed E-state index contributed by atoms with van der Waals surface area (Å²) in [6.45, 7) is 7.68. The Labute approximate surface area is 140 Å². The van der Waals surface area contributed by atoms with E-state index in [1.807, 2.05) is 19.9 Å². The molecule has 124 valence electrons. The monoisotopic (exact) mass is 324 g/mol. The minimum atomic E-state index is -0.183.